The van der Waals surface area contributed by atoms with E-state index in [4.69, 9.17) is 33.8 Å². The molecule has 180 valence electrons. The zero-order chi connectivity index (χ0) is 23.8. The molecule has 11 heteroatoms. The van der Waals surface area contributed by atoms with Crippen LogP contribution in [-0.2, 0) is 16.1 Å². The first-order valence-corrected chi connectivity index (χ1v) is 12.1. The standard InChI is InChI=1S/C21H33Cl2N5O3S/c1-20(17(24)29)18(31-15-16-11-7-6-8-12-16)28(23)32-21(20,22)26-19(30)25-13-9-4-5-10-14-27(2)3/h6-8,11-12,18H,4-5,9-10,13-15H2,1-3H3,(H2,24,29)(H2,25,26,30). The van der Waals surface area contributed by atoms with Gasteiger partial charge in [0.05, 0.1) is 6.61 Å². The number of hydrogen-bond acceptors (Lipinski definition) is 6. The molecule has 3 amide bonds. The van der Waals surface area contributed by atoms with Crippen molar-refractivity contribution in [3.05, 3.63) is 35.9 Å². The molecule has 0 aromatic heterocycles. The maximum absolute atomic E-state index is 12.5. The van der Waals surface area contributed by atoms with Crippen LogP contribution in [0.2, 0.25) is 0 Å². The van der Waals surface area contributed by atoms with Crippen molar-refractivity contribution in [2.24, 2.45) is 11.1 Å². The van der Waals surface area contributed by atoms with Crippen LogP contribution in [0.5, 0.6) is 0 Å². The molecule has 8 nitrogen and oxygen atoms in total. The number of hydrogen-bond donors (Lipinski definition) is 3. The lowest BCUT2D eigenvalue weighted by molar-refractivity contribution is -0.142. The highest BCUT2D eigenvalue weighted by atomic mass is 35.5. The van der Waals surface area contributed by atoms with E-state index >= 15 is 0 Å². The smallest absolute Gasteiger partial charge is 0.316 e. The van der Waals surface area contributed by atoms with Gasteiger partial charge in [0.25, 0.3) is 0 Å². The molecule has 3 unspecified atom stereocenters. The van der Waals surface area contributed by atoms with Gasteiger partial charge in [0.1, 0.15) is 5.41 Å². The Morgan fingerprint density at radius 2 is 1.88 bits per heavy atom. The number of alkyl halides is 1. The summed E-state index contributed by atoms with van der Waals surface area (Å²) in [5.41, 5.74) is 5.12. The van der Waals surface area contributed by atoms with E-state index in [1.165, 1.54) is 3.82 Å². The van der Waals surface area contributed by atoms with Gasteiger partial charge in [-0.25, -0.2) is 4.79 Å². The van der Waals surface area contributed by atoms with Crippen molar-refractivity contribution >= 4 is 47.3 Å². The molecule has 3 atom stereocenters. The summed E-state index contributed by atoms with van der Waals surface area (Å²) in [7, 11) is 4.10. The number of nitrogens with zero attached hydrogens (tertiary/aromatic N) is 2. The molecule has 1 aromatic rings. The number of urea groups is 1. The van der Waals surface area contributed by atoms with Crippen LogP contribution in [0.15, 0.2) is 30.3 Å². The van der Waals surface area contributed by atoms with Gasteiger partial charge >= 0.3 is 6.03 Å². The van der Waals surface area contributed by atoms with Gasteiger partial charge in [-0.2, -0.15) is 0 Å². The number of ether oxygens (including phenoxy) is 1. The average molecular weight is 507 g/mol. The first kappa shape index (κ1) is 27.0. The van der Waals surface area contributed by atoms with Gasteiger partial charge in [0, 0.05) is 6.54 Å². The molecule has 2 rings (SSSR count). The molecule has 0 bridgehead atoms. The number of nitrogens with two attached hydrogens (primary N) is 1. The van der Waals surface area contributed by atoms with Crippen LogP contribution >= 0.6 is 35.3 Å². The summed E-state index contributed by atoms with van der Waals surface area (Å²) in [5.74, 6) is -0.734. The number of amides is 3. The molecule has 1 aromatic carbocycles. The predicted molar refractivity (Wildman–Crippen MR) is 130 cm³/mol. The fourth-order valence-electron chi connectivity index (χ4n) is 3.33. The normalized spacial score (nSPS) is 25.8. The molecule has 1 aliphatic heterocycles. The molecular formula is C21H33Cl2N5O3S. The third-order valence-corrected chi connectivity index (χ3v) is 7.64. The third-order valence-electron chi connectivity index (χ3n) is 5.41. The highest BCUT2D eigenvalue weighted by Gasteiger charge is 2.67. The van der Waals surface area contributed by atoms with Gasteiger partial charge in [0.15, 0.2) is 10.6 Å². The Balaban J connectivity index is 1.92. The van der Waals surface area contributed by atoms with Crippen LogP contribution in [0.3, 0.4) is 0 Å². The second-order valence-electron chi connectivity index (χ2n) is 8.27. The van der Waals surface area contributed by atoms with Crippen LogP contribution in [0.4, 0.5) is 4.79 Å². The van der Waals surface area contributed by atoms with Gasteiger partial charge in [-0.15, -0.1) is 3.82 Å². The monoisotopic (exact) mass is 505 g/mol. The van der Waals surface area contributed by atoms with Crippen molar-refractivity contribution in [1.29, 1.82) is 0 Å². The van der Waals surface area contributed by atoms with Gasteiger partial charge in [-0.05, 0) is 69.7 Å². The van der Waals surface area contributed by atoms with E-state index in [0.29, 0.717) is 6.54 Å². The summed E-state index contributed by atoms with van der Waals surface area (Å²) in [4.78, 5) is 27.1. The van der Waals surface area contributed by atoms with E-state index in [1.807, 2.05) is 44.4 Å². The van der Waals surface area contributed by atoms with Crippen molar-refractivity contribution in [2.45, 2.75) is 49.8 Å². The van der Waals surface area contributed by atoms with Gasteiger partial charge in [0.2, 0.25) is 5.91 Å². The van der Waals surface area contributed by atoms with Gasteiger partial charge < -0.3 is 26.0 Å². The largest absolute Gasteiger partial charge is 0.369 e. The average Bonchev–Trinajstić information content (AvgIpc) is 2.92. The quantitative estimate of drug-likeness (QED) is 0.132. The Morgan fingerprint density at radius 3 is 2.50 bits per heavy atom. The van der Waals surface area contributed by atoms with E-state index in [9.17, 15) is 9.59 Å². The topological polar surface area (TPSA) is 99.9 Å². The molecule has 32 heavy (non-hydrogen) atoms. The predicted octanol–water partition coefficient (Wildman–Crippen LogP) is 3.45. The molecule has 4 N–H and O–H groups in total. The van der Waals surface area contributed by atoms with Crippen molar-refractivity contribution in [2.75, 3.05) is 27.2 Å². The van der Waals surface area contributed by atoms with Crippen LogP contribution < -0.4 is 16.4 Å². The number of unbranched alkanes of at least 4 members (excludes halogenated alkanes) is 3. The summed E-state index contributed by atoms with van der Waals surface area (Å²) >= 11 is 14.0. The van der Waals surface area contributed by atoms with Crippen molar-refractivity contribution < 1.29 is 14.3 Å². The number of carbonyl (C=O) groups is 2. The number of primary amides is 1. The van der Waals surface area contributed by atoms with E-state index in [-0.39, 0.29) is 6.61 Å². The van der Waals surface area contributed by atoms with Crippen molar-refractivity contribution in [3.63, 3.8) is 0 Å². The Labute approximate surface area is 204 Å². The van der Waals surface area contributed by atoms with Crippen molar-refractivity contribution in [1.82, 2.24) is 19.4 Å². The minimum atomic E-state index is -1.61. The Hall–Kier alpha value is -1.23. The number of nitrogens with one attached hydrogen (secondary N) is 2. The van der Waals surface area contributed by atoms with Crippen LogP contribution in [-0.4, -0.2) is 58.4 Å². The third kappa shape index (κ3) is 6.88. The molecule has 0 radical (unpaired) electrons. The summed E-state index contributed by atoms with van der Waals surface area (Å²) in [6.45, 7) is 3.29. The lowest BCUT2D eigenvalue weighted by atomic mass is 9.86. The first-order chi connectivity index (χ1) is 15.1. The lowest BCUT2D eigenvalue weighted by Crippen LogP contribution is -2.61. The van der Waals surface area contributed by atoms with E-state index < -0.39 is 27.9 Å². The summed E-state index contributed by atoms with van der Waals surface area (Å²) < 4.78 is 5.51. The van der Waals surface area contributed by atoms with E-state index in [1.54, 1.807) is 6.92 Å². The molecular weight excluding hydrogens is 473 g/mol. The first-order valence-electron chi connectivity index (χ1n) is 10.6. The zero-order valence-corrected chi connectivity index (χ0v) is 21.1. The molecule has 0 spiro atoms. The lowest BCUT2D eigenvalue weighted by Gasteiger charge is -2.37. The summed E-state index contributed by atoms with van der Waals surface area (Å²) in [5, 5.41) is 5.45. The van der Waals surface area contributed by atoms with E-state index in [0.717, 1.165) is 49.7 Å². The van der Waals surface area contributed by atoms with Gasteiger partial charge in [-0.1, -0.05) is 54.8 Å². The minimum absolute atomic E-state index is 0.200. The fraction of sp³-hybridized carbons (Fsp3) is 0.619. The Bertz CT molecular complexity index is 760. The maximum atomic E-state index is 12.5. The number of carbonyl (C=O) groups excluding carboxylic acids is 2. The number of rotatable bonds is 12. The Morgan fingerprint density at radius 1 is 1.22 bits per heavy atom. The maximum Gasteiger partial charge on any atom is 0.316 e. The van der Waals surface area contributed by atoms with Crippen LogP contribution in [0.1, 0.15) is 38.2 Å². The minimum Gasteiger partial charge on any atom is -0.369 e. The van der Waals surface area contributed by atoms with Gasteiger partial charge in [-0.3, -0.25) is 4.79 Å². The molecule has 1 fully saturated rings. The van der Waals surface area contributed by atoms with Crippen LogP contribution in [0.25, 0.3) is 0 Å². The second kappa shape index (κ2) is 12.3. The van der Waals surface area contributed by atoms with E-state index in [2.05, 4.69) is 15.5 Å². The summed E-state index contributed by atoms with van der Waals surface area (Å²) in [6, 6.07) is 8.95. The SMILES string of the molecule is CN(C)CCCCCCNC(=O)NC1(Cl)SN(Cl)C(OCc2ccccc2)C1(C)C(N)=O. The summed E-state index contributed by atoms with van der Waals surface area (Å²) in [6.07, 6.45) is 3.12. The molecule has 1 aliphatic rings. The molecule has 1 saturated heterocycles. The molecule has 0 saturated carbocycles. The highest BCUT2D eigenvalue weighted by molar-refractivity contribution is 8.00. The molecule has 1 heterocycles. The highest BCUT2D eigenvalue weighted by Crippen LogP contribution is 2.57. The Kier molecular flexibility index (Phi) is 10.4. The zero-order valence-electron chi connectivity index (χ0n) is 18.8. The fourth-order valence-corrected chi connectivity index (χ4v) is 5.63. The second-order valence-corrected chi connectivity index (χ2v) is 10.8. The van der Waals surface area contributed by atoms with Crippen LogP contribution in [0, 0.1) is 5.41 Å². The molecule has 0 aliphatic carbocycles. The number of halogens is 2. The number of benzene rings is 1. The van der Waals surface area contributed by atoms with Crippen molar-refractivity contribution in [3.8, 4) is 0 Å².